The van der Waals surface area contributed by atoms with Crippen molar-refractivity contribution in [1.82, 2.24) is 5.32 Å². The third-order valence-corrected chi connectivity index (χ3v) is 2.58. The van der Waals surface area contributed by atoms with E-state index < -0.39 is 0 Å². The fourth-order valence-corrected chi connectivity index (χ4v) is 1.63. The minimum absolute atomic E-state index is 0.0355. The molecule has 1 N–H and O–H groups in total. The van der Waals surface area contributed by atoms with Crippen LogP contribution in [0.1, 0.15) is 19.3 Å². The van der Waals surface area contributed by atoms with Crippen molar-refractivity contribution < 1.29 is 9.53 Å². The van der Waals surface area contributed by atoms with Crippen LogP contribution in [0.4, 0.5) is 0 Å². The van der Waals surface area contributed by atoms with Gasteiger partial charge in [0.05, 0.1) is 6.61 Å². The standard InChI is InChI=1S/C9H16ClNO2/c10-7-9(12)13-6-3-8-1-4-11-5-2-8/h8,11H,1-7H2. The summed E-state index contributed by atoms with van der Waals surface area (Å²) in [5.74, 6) is 0.367. The Hall–Kier alpha value is -0.280. The highest BCUT2D eigenvalue weighted by Crippen LogP contribution is 2.15. The van der Waals surface area contributed by atoms with Crippen molar-refractivity contribution >= 4 is 17.6 Å². The number of esters is 1. The highest BCUT2D eigenvalue weighted by Gasteiger charge is 2.13. The molecule has 0 aromatic rings. The van der Waals surface area contributed by atoms with Gasteiger partial charge < -0.3 is 10.1 Å². The molecule has 0 aromatic carbocycles. The Morgan fingerprint density at radius 1 is 1.46 bits per heavy atom. The van der Waals surface area contributed by atoms with Gasteiger partial charge in [-0.05, 0) is 38.3 Å². The van der Waals surface area contributed by atoms with E-state index in [1.807, 2.05) is 0 Å². The number of alkyl halides is 1. The normalized spacial score (nSPS) is 18.5. The van der Waals surface area contributed by atoms with Crippen LogP contribution in [0, 0.1) is 5.92 Å². The van der Waals surface area contributed by atoms with E-state index in [0.717, 1.165) is 19.5 Å². The van der Waals surface area contributed by atoms with Crippen molar-refractivity contribution in [2.24, 2.45) is 5.92 Å². The summed E-state index contributed by atoms with van der Waals surface area (Å²) in [5, 5.41) is 3.30. The fourth-order valence-electron chi connectivity index (χ4n) is 1.55. The molecule has 0 unspecified atom stereocenters. The number of rotatable bonds is 4. The second-order valence-corrected chi connectivity index (χ2v) is 3.60. The van der Waals surface area contributed by atoms with Gasteiger partial charge in [-0.1, -0.05) is 0 Å². The lowest BCUT2D eigenvalue weighted by atomic mass is 9.95. The van der Waals surface area contributed by atoms with Crippen LogP contribution in [-0.2, 0) is 9.53 Å². The minimum atomic E-state index is -0.310. The van der Waals surface area contributed by atoms with Crippen LogP contribution in [0.25, 0.3) is 0 Å². The molecule has 1 rings (SSSR count). The summed E-state index contributed by atoms with van der Waals surface area (Å²) in [6.45, 7) is 2.71. The van der Waals surface area contributed by atoms with E-state index in [-0.39, 0.29) is 11.8 Å². The third-order valence-electron chi connectivity index (χ3n) is 2.36. The number of hydrogen-bond acceptors (Lipinski definition) is 3. The largest absolute Gasteiger partial charge is 0.465 e. The molecule has 1 aliphatic heterocycles. The summed E-state index contributed by atoms with van der Waals surface area (Å²) in [6.07, 6.45) is 3.36. The van der Waals surface area contributed by atoms with Gasteiger partial charge in [0.2, 0.25) is 0 Å². The molecular weight excluding hydrogens is 190 g/mol. The number of nitrogens with one attached hydrogen (secondary N) is 1. The summed E-state index contributed by atoms with van der Waals surface area (Å²) in [7, 11) is 0. The highest BCUT2D eigenvalue weighted by molar-refractivity contribution is 6.26. The van der Waals surface area contributed by atoms with Gasteiger partial charge in [-0.3, -0.25) is 4.79 Å². The Morgan fingerprint density at radius 3 is 2.77 bits per heavy atom. The van der Waals surface area contributed by atoms with Gasteiger partial charge in [0.25, 0.3) is 0 Å². The van der Waals surface area contributed by atoms with E-state index in [4.69, 9.17) is 16.3 Å². The van der Waals surface area contributed by atoms with Crippen LogP contribution in [0.3, 0.4) is 0 Å². The molecule has 13 heavy (non-hydrogen) atoms. The van der Waals surface area contributed by atoms with E-state index in [9.17, 15) is 4.79 Å². The molecule has 0 saturated carbocycles. The maximum absolute atomic E-state index is 10.7. The first kappa shape index (κ1) is 10.8. The van der Waals surface area contributed by atoms with Crippen LogP contribution in [0.2, 0.25) is 0 Å². The Morgan fingerprint density at radius 2 is 2.15 bits per heavy atom. The van der Waals surface area contributed by atoms with E-state index >= 15 is 0 Å². The van der Waals surface area contributed by atoms with Crippen LogP contribution < -0.4 is 5.32 Å². The summed E-state index contributed by atoms with van der Waals surface area (Å²) < 4.78 is 4.90. The summed E-state index contributed by atoms with van der Waals surface area (Å²) in [5.41, 5.74) is 0. The second kappa shape index (κ2) is 6.22. The number of ether oxygens (including phenoxy) is 1. The molecule has 0 aliphatic carbocycles. The van der Waals surface area contributed by atoms with Crippen LogP contribution in [-0.4, -0.2) is 31.5 Å². The molecule has 0 aromatic heterocycles. The maximum Gasteiger partial charge on any atom is 0.320 e. The molecular formula is C9H16ClNO2. The molecule has 76 valence electrons. The maximum atomic E-state index is 10.7. The first-order valence-electron chi connectivity index (χ1n) is 4.75. The van der Waals surface area contributed by atoms with Crippen molar-refractivity contribution in [2.75, 3.05) is 25.6 Å². The van der Waals surface area contributed by atoms with E-state index in [2.05, 4.69) is 5.32 Å². The summed E-state index contributed by atoms with van der Waals surface area (Å²) in [6, 6.07) is 0. The predicted molar refractivity (Wildman–Crippen MR) is 51.9 cm³/mol. The van der Waals surface area contributed by atoms with Gasteiger partial charge in [0.15, 0.2) is 0 Å². The van der Waals surface area contributed by atoms with Crippen LogP contribution >= 0.6 is 11.6 Å². The molecule has 1 aliphatic rings. The SMILES string of the molecule is O=C(CCl)OCCC1CCNCC1. The van der Waals surface area contributed by atoms with E-state index in [0.29, 0.717) is 12.5 Å². The van der Waals surface area contributed by atoms with Gasteiger partial charge in [0.1, 0.15) is 5.88 Å². The molecule has 1 fully saturated rings. The number of piperidine rings is 1. The Bertz CT molecular complexity index is 158. The molecule has 3 nitrogen and oxygen atoms in total. The number of halogens is 1. The highest BCUT2D eigenvalue weighted by atomic mass is 35.5. The van der Waals surface area contributed by atoms with E-state index in [1.165, 1.54) is 12.8 Å². The quantitative estimate of drug-likeness (QED) is 0.553. The smallest absolute Gasteiger partial charge is 0.320 e. The average Bonchev–Trinajstić information content (AvgIpc) is 2.19. The monoisotopic (exact) mass is 205 g/mol. The fraction of sp³-hybridized carbons (Fsp3) is 0.889. The Kier molecular flexibility index (Phi) is 5.16. The predicted octanol–water partition coefficient (Wildman–Crippen LogP) is 1.16. The number of hydrogen-bond donors (Lipinski definition) is 1. The van der Waals surface area contributed by atoms with Crippen molar-refractivity contribution in [3.8, 4) is 0 Å². The topological polar surface area (TPSA) is 38.3 Å². The zero-order valence-electron chi connectivity index (χ0n) is 7.72. The summed E-state index contributed by atoms with van der Waals surface area (Å²) >= 11 is 5.29. The Labute approximate surface area is 83.8 Å². The zero-order valence-corrected chi connectivity index (χ0v) is 8.48. The average molecular weight is 206 g/mol. The Balaban J connectivity index is 2.01. The molecule has 0 spiro atoms. The lowest BCUT2D eigenvalue weighted by Crippen LogP contribution is -2.28. The number of carbonyl (C=O) groups excluding carboxylic acids is 1. The van der Waals surface area contributed by atoms with Crippen LogP contribution in [0.15, 0.2) is 0 Å². The van der Waals surface area contributed by atoms with Gasteiger partial charge in [-0.15, -0.1) is 11.6 Å². The lowest BCUT2D eigenvalue weighted by Gasteiger charge is -2.21. The molecule has 0 radical (unpaired) electrons. The van der Waals surface area contributed by atoms with Crippen molar-refractivity contribution in [3.05, 3.63) is 0 Å². The van der Waals surface area contributed by atoms with Crippen LogP contribution in [0.5, 0.6) is 0 Å². The summed E-state index contributed by atoms with van der Waals surface area (Å²) in [4.78, 5) is 10.7. The molecule has 0 bridgehead atoms. The van der Waals surface area contributed by atoms with Gasteiger partial charge in [-0.25, -0.2) is 0 Å². The zero-order chi connectivity index (χ0) is 9.52. The molecule has 0 amide bonds. The molecule has 1 saturated heterocycles. The van der Waals surface area contributed by atoms with Gasteiger partial charge >= 0.3 is 5.97 Å². The molecule has 0 atom stereocenters. The van der Waals surface area contributed by atoms with Crippen molar-refractivity contribution in [1.29, 1.82) is 0 Å². The first-order valence-corrected chi connectivity index (χ1v) is 5.28. The lowest BCUT2D eigenvalue weighted by molar-refractivity contribution is -0.140. The third kappa shape index (κ3) is 4.48. The van der Waals surface area contributed by atoms with Gasteiger partial charge in [-0.2, -0.15) is 0 Å². The molecule has 4 heteroatoms. The molecule has 1 heterocycles. The van der Waals surface area contributed by atoms with Gasteiger partial charge in [0, 0.05) is 0 Å². The minimum Gasteiger partial charge on any atom is -0.465 e. The van der Waals surface area contributed by atoms with E-state index in [1.54, 1.807) is 0 Å². The van der Waals surface area contributed by atoms with Crippen molar-refractivity contribution in [3.63, 3.8) is 0 Å². The van der Waals surface area contributed by atoms with Crippen molar-refractivity contribution in [2.45, 2.75) is 19.3 Å². The first-order chi connectivity index (χ1) is 6.33. The second-order valence-electron chi connectivity index (χ2n) is 3.34. The number of carbonyl (C=O) groups is 1.